The summed E-state index contributed by atoms with van der Waals surface area (Å²) in [7, 11) is 0. The van der Waals surface area contributed by atoms with E-state index in [1.54, 1.807) is 27.7 Å². The highest BCUT2D eigenvalue weighted by Gasteiger charge is 2.32. The molecule has 0 aliphatic carbocycles. The van der Waals surface area contributed by atoms with Crippen molar-refractivity contribution < 1.29 is 28.7 Å². The second-order valence-electron chi connectivity index (χ2n) is 7.30. The fourth-order valence-corrected chi connectivity index (χ4v) is 2.76. The minimum Gasteiger partial charge on any atom is -0.466 e. The van der Waals surface area contributed by atoms with Crippen LogP contribution in [-0.4, -0.2) is 42.6 Å². The fraction of sp³-hybridized carbons (Fsp3) is 0.524. The quantitative estimate of drug-likeness (QED) is 0.463. The van der Waals surface area contributed by atoms with Crippen LogP contribution >= 0.6 is 0 Å². The minimum absolute atomic E-state index is 0.0552. The molecule has 3 amide bonds. The first-order valence-corrected chi connectivity index (χ1v) is 9.88. The van der Waals surface area contributed by atoms with Gasteiger partial charge in [-0.3, -0.25) is 14.4 Å². The molecule has 0 spiro atoms. The van der Waals surface area contributed by atoms with E-state index < -0.39 is 41.9 Å². The number of carbonyl (C=O) groups is 4. The molecule has 0 unspecified atom stereocenters. The first-order valence-electron chi connectivity index (χ1n) is 9.88. The maximum Gasteiger partial charge on any atom is 0.408 e. The van der Waals surface area contributed by atoms with E-state index in [9.17, 15) is 19.2 Å². The summed E-state index contributed by atoms with van der Waals surface area (Å²) in [5.74, 6) is -2.74. The van der Waals surface area contributed by atoms with Crippen molar-refractivity contribution in [1.29, 1.82) is 0 Å². The van der Waals surface area contributed by atoms with E-state index in [-0.39, 0.29) is 25.6 Å². The lowest BCUT2D eigenvalue weighted by Crippen LogP contribution is -2.56. The molecule has 166 valence electrons. The Kier molecular flexibility index (Phi) is 10.4. The van der Waals surface area contributed by atoms with E-state index in [0.717, 1.165) is 5.56 Å². The smallest absolute Gasteiger partial charge is 0.408 e. The Morgan fingerprint density at radius 3 is 2.13 bits per heavy atom. The monoisotopic (exact) mass is 421 g/mol. The SMILES string of the molecule is CCOC(=O)C[C@H](C)[C@H](NC(=O)[C@H](NC(=O)OCc1ccccc1)C(C)C)C(N)=O. The van der Waals surface area contributed by atoms with Crippen molar-refractivity contribution in [3.05, 3.63) is 35.9 Å². The third-order valence-corrected chi connectivity index (χ3v) is 4.40. The molecular weight excluding hydrogens is 390 g/mol. The van der Waals surface area contributed by atoms with Gasteiger partial charge in [-0.15, -0.1) is 0 Å². The molecule has 3 atom stereocenters. The van der Waals surface area contributed by atoms with Crippen LogP contribution in [0.4, 0.5) is 4.79 Å². The summed E-state index contributed by atoms with van der Waals surface area (Å²) in [6, 6.07) is 7.06. The van der Waals surface area contributed by atoms with Gasteiger partial charge in [0.25, 0.3) is 0 Å². The number of rotatable bonds is 11. The maximum absolute atomic E-state index is 12.7. The zero-order valence-electron chi connectivity index (χ0n) is 17.8. The molecule has 9 nitrogen and oxygen atoms in total. The Bertz CT molecular complexity index is 723. The number of primary amides is 1. The van der Waals surface area contributed by atoms with Gasteiger partial charge >= 0.3 is 12.1 Å². The number of ether oxygens (including phenoxy) is 2. The van der Waals surface area contributed by atoms with Gasteiger partial charge in [-0.25, -0.2) is 4.79 Å². The van der Waals surface area contributed by atoms with Gasteiger partial charge in [0.2, 0.25) is 11.8 Å². The number of alkyl carbamates (subject to hydrolysis) is 1. The normalized spacial score (nSPS) is 13.6. The van der Waals surface area contributed by atoms with Crippen LogP contribution < -0.4 is 16.4 Å². The van der Waals surface area contributed by atoms with E-state index in [1.807, 2.05) is 30.3 Å². The van der Waals surface area contributed by atoms with E-state index >= 15 is 0 Å². The molecule has 0 saturated heterocycles. The first kappa shape index (κ1) is 24.9. The van der Waals surface area contributed by atoms with Gasteiger partial charge < -0.3 is 25.8 Å². The summed E-state index contributed by atoms with van der Waals surface area (Å²) in [5.41, 5.74) is 6.21. The lowest BCUT2D eigenvalue weighted by molar-refractivity contribution is -0.145. The molecule has 0 heterocycles. The number of nitrogens with one attached hydrogen (secondary N) is 2. The number of hydrogen-bond donors (Lipinski definition) is 3. The third-order valence-electron chi connectivity index (χ3n) is 4.40. The number of carbonyl (C=O) groups excluding carboxylic acids is 4. The molecule has 1 aromatic carbocycles. The van der Waals surface area contributed by atoms with E-state index in [0.29, 0.717) is 0 Å². The Hall–Kier alpha value is -3.10. The van der Waals surface area contributed by atoms with Gasteiger partial charge in [0, 0.05) is 0 Å². The van der Waals surface area contributed by atoms with Crippen LogP contribution in [0.1, 0.15) is 39.7 Å². The van der Waals surface area contributed by atoms with Crippen molar-refractivity contribution in [1.82, 2.24) is 10.6 Å². The molecule has 0 fully saturated rings. The van der Waals surface area contributed by atoms with E-state index in [1.165, 1.54) is 0 Å². The standard InChI is InChI=1S/C21H31N3O6/c1-5-29-16(25)11-14(4)18(19(22)26)23-20(27)17(13(2)3)24-21(28)30-12-15-9-7-6-8-10-15/h6-10,13-14,17-18H,5,11-12H2,1-4H3,(H2,22,26)(H,23,27)(H,24,28)/t14-,17+,18-/m0/s1. The zero-order valence-corrected chi connectivity index (χ0v) is 17.8. The highest BCUT2D eigenvalue weighted by molar-refractivity contribution is 5.91. The topological polar surface area (TPSA) is 137 Å². The molecule has 0 bridgehead atoms. The van der Waals surface area contributed by atoms with Crippen LogP contribution in [0.25, 0.3) is 0 Å². The lowest BCUT2D eigenvalue weighted by atomic mass is 9.96. The molecule has 0 saturated carbocycles. The van der Waals surface area contributed by atoms with Crippen molar-refractivity contribution in [3.8, 4) is 0 Å². The van der Waals surface area contributed by atoms with Crippen LogP contribution in [0.3, 0.4) is 0 Å². The highest BCUT2D eigenvalue weighted by atomic mass is 16.5. The van der Waals surface area contributed by atoms with Crippen LogP contribution in [0, 0.1) is 11.8 Å². The molecule has 30 heavy (non-hydrogen) atoms. The van der Waals surface area contributed by atoms with Crippen LogP contribution in [-0.2, 0) is 30.5 Å². The molecule has 0 aromatic heterocycles. The fourth-order valence-electron chi connectivity index (χ4n) is 2.76. The Morgan fingerprint density at radius 2 is 1.60 bits per heavy atom. The third kappa shape index (κ3) is 8.50. The largest absolute Gasteiger partial charge is 0.466 e. The number of benzene rings is 1. The summed E-state index contributed by atoms with van der Waals surface area (Å²) in [6.45, 7) is 7.03. The van der Waals surface area contributed by atoms with Gasteiger partial charge in [-0.05, 0) is 24.3 Å². The van der Waals surface area contributed by atoms with E-state index in [2.05, 4.69) is 10.6 Å². The van der Waals surface area contributed by atoms with Gasteiger partial charge in [-0.1, -0.05) is 51.1 Å². The average molecular weight is 421 g/mol. The second-order valence-corrected chi connectivity index (χ2v) is 7.30. The summed E-state index contributed by atoms with van der Waals surface area (Å²) in [5, 5.41) is 5.05. The second kappa shape index (κ2) is 12.5. The van der Waals surface area contributed by atoms with Crippen LogP contribution in [0.5, 0.6) is 0 Å². The molecule has 0 aliphatic heterocycles. The van der Waals surface area contributed by atoms with Crippen molar-refractivity contribution in [2.24, 2.45) is 17.6 Å². The summed E-state index contributed by atoms with van der Waals surface area (Å²) >= 11 is 0. The summed E-state index contributed by atoms with van der Waals surface area (Å²) < 4.78 is 10.0. The molecule has 4 N–H and O–H groups in total. The lowest BCUT2D eigenvalue weighted by Gasteiger charge is -2.26. The number of hydrogen-bond acceptors (Lipinski definition) is 6. The van der Waals surface area contributed by atoms with Crippen molar-refractivity contribution >= 4 is 23.9 Å². The summed E-state index contributed by atoms with van der Waals surface area (Å²) in [4.78, 5) is 48.4. The first-order chi connectivity index (χ1) is 14.1. The molecule has 1 rings (SSSR count). The number of esters is 1. The van der Waals surface area contributed by atoms with E-state index in [4.69, 9.17) is 15.2 Å². The molecule has 0 aliphatic rings. The van der Waals surface area contributed by atoms with Gasteiger partial charge in [0.15, 0.2) is 0 Å². The molecule has 0 radical (unpaired) electrons. The molecule has 9 heteroatoms. The van der Waals surface area contributed by atoms with Gasteiger partial charge in [-0.2, -0.15) is 0 Å². The Balaban J connectivity index is 2.72. The predicted molar refractivity (Wildman–Crippen MR) is 110 cm³/mol. The molecule has 1 aromatic rings. The molecular formula is C21H31N3O6. The van der Waals surface area contributed by atoms with Crippen molar-refractivity contribution in [3.63, 3.8) is 0 Å². The predicted octanol–water partition coefficient (Wildman–Crippen LogP) is 1.50. The summed E-state index contributed by atoms with van der Waals surface area (Å²) in [6.07, 6.45) is -0.844. The maximum atomic E-state index is 12.7. The number of nitrogens with two attached hydrogens (primary N) is 1. The highest BCUT2D eigenvalue weighted by Crippen LogP contribution is 2.12. The van der Waals surface area contributed by atoms with Gasteiger partial charge in [0.05, 0.1) is 13.0 Å². The zero-order chi connectivity index (χ0) is 22.7. The number of amides is 3. The average Bonchev–Trinajstić information content (AvgIpc) is 2.68. The van der Waals surface area contributed by atoms with Crippen LogP contribution in [0.15, 0.2) is 30.3 Å². The van der Waals surface area contributed by atoms with Crippen LogP contribution in [0.2, 0.25) is 0 Å². The van der Waals surface area contributed by atoms with Crippen molar-refractivity contribution in [2.45, 2.75) is 52.8 Å². The van der Waals surface area contributed by atoms with Gasteiger partial charge in [0.1, 0.15) is 18.7 Å². The minimum atomic E-state index is -1.09. The Labute approximate surface area is 176 Å². The Morgan fingerprint density at radius 1 is 0.967 bits per heavy atom. The van der Waals surface area contributed by atoms with Crippen molar-refractivity contribution in [2.75, 3.05) is 6.61 Å².